The summed E-state index contributed by atoms with van der Waals surface area (Å²) in [5.41, 5.74) is 2.88. The Morgan fingerprint density at radius 1 is 1.13 bits per heavy atom. The quantitative estimate of drug-likeness (QED) is 0.587. The summed E-state index contributed by atoms with van der Waals surface area (Å²) in [4.78, 5) is 0. The predicted octanol–water partition coefficient (Wildman–Crippen LogP) is 4.98. The first kappa shape index (κ1) is 16.2. The highest BCUT2D eigenvalue weighted by Gasteiger charge is 2.12. The number of rotatable bonds is 4. The Balaban J connectivity index is 1.78. The van der Waals surface area contributed by atoms with Gasteiger partial charge in [0.1, 0.15) is 5.82 Å². The Labute approximate surface area is 147 Å². The van der Waals surface area contributed by atoms with E-state index in [1.807, 2.05) is 41.9 Å². The molecule has 23 heavy (non-hydrogen) atoms. The molecule has 0 aliphatic rings. The van der Waals surface area contributed by atoms with Crippen molar-refractivity contribution in [3.8, 4) is 11.4 Å². The molecular weight excluding hydrogens is 377 g/mol. The molecule has 0 saturated carbocycles. The predicted molar refractivity (Wildman–Crippen MR) is 94.8 cm³/mol. The summed E-state index contributed by atoms with van der Waals surface area (Å²) in [7, 11) is 1.93. The van der Waals surface area contributed by atoms with Gasteiger partial charge in [0, 0.05) is 22.8 Å². The minimum Gasteiger partial charge on any atom is -0.305 e. The van der Waals surface area contributed by atoms with Crippen molar-refractivity contribution < 1.29 is 4.39 Å². The van der Waals surface area contributed by atoms with Crippen LogP contribution in [0.15, 0.2) is 52.1 Å². The van der Waals surface area contributed by atoms with Gasteiger partial charge in [0.2, 0.25) is 0 Å². The molecule has 0 unspecified atom stereocenters. The average Bonchev–Trinajstić information content (AvgIpc) is 2.88. The fourth-order valence-electron chi connectivity index (χ4n) is 2.18. The highest BCUT2D eigenvalue weighted by molar-refractivity contribution is 9.10. The smallest absolute Gasteiger partial charge is 0.191 e. The van der Waals surface area contributed by atoms with Gasteiger partial charge in [-0.25, -0.2) is 4.39 Å². The molecule has 0 amide bonds. The van der Waals surface area contributed by atoms with Gasteiger partial charge >= 0.3 is 0 Å². The Morgan fingerprint density at radius 2 is 1.87 bits per heavy atom. The molecule has 0 saturated heterocycles. The number of thioether (sulfide) groups is 1. The normalized spacial score (nSPS) is 11.0. The number of aryl methyl sites for hydroxylation is 1. The second-order valence-corrected chi connectivity index (χ2v) is 7.11. The standard InChI is InChI=1S/C17H15BrFN3S/c1-11-3-5-12(6-4-11)16-20-21-17(22(16)2)23-10-13-7-8-14(18)9-15(13)19/h3-9H,10H2,1-2H3. The number of hydrogen-bond donors (Lipinski definition) is 0. The van der Waals surface area contributed by atoms with Crippen LogP contribution in [0, 0.1) is 12.7 Å². The summed E-state index contributed by atoms with van der Waals surface area (Å²) in [6.45, 7) is 2.05. The number of benzene rings is 2. The highest BCUT2D eigenvalue weighted by atomic mass is 79.9. The van der Waals surface area contributed by atoms with Crippen LogP contribution in [0.25, 0.3) is 11.4 Å². The zero-order valence-electron chi connectivity index (χ0n) is 12.8. The summed E-state index contributed by atoms with van der Waals surface area (Å²) in [5, 5.41) is 9.24. The van der Waals surface area contributed by atoms with E-state index in [4.69, 9.17) is 0 Å². The van der Waals surface area contributed by atoms with E-state index in [2.05, 4.69) is 33.1 Å². The lowest BCUT2D eigenvalue weighted by Gasteiger charge is -2.05. The minimum atomic E-state index is -0.215. The summed E-state index contributed by atoms with van der Waals surface area (Å²) in [6, 6.07) is 13.3. The van der Waals surface area contributed by atoms with Crippen molar-refractivity contribution >= 4 is 27.7 Å². The number of hydrogen-bond acceptors (Lipinski definition) is 3. The van der Waals surface area contributed by atoms with Gasteiger partial charge in [-0.05, 0) is 24.6 Å². The van der Waals surface area contributed by atoms with Gasteiger partial charge in [0.15, 0.2) is 11.0 Å². The second-order valence-electron chi connectivity index (χ2n) is 5.26. The van der Waals surface area contributed by atoms with Crippen LogP contribution in [0.4, 0.5) is 4.39 Å². The molecule has 118 valence electrons. The molecule has 0 aliphatic heterocycles. The van der Waals surface area contributed by atoms with Crippen LogP contribution in [0.5, 0.6) is 0 Å². The molecule has 2 aromatic carbocycles. The third-order valence-electron chi connectivity index (χ3n) is 3.52. The van der Waals surface area contributed by atoms with Crippen LogP contribution in [0.2, 0.25) is 0 Å². The Kier molecular flexibility index (Phi) is 4.82. The maximum Gasteiger partial charge on any atom is 0.191 e. The topological polar surface area (TPSA) is 30.7 Å². The molecule has 0 bridgehead atoms. The molecule has 0 spiro atoms. The molecule has 3 aromatic rings. The molecule has 0 N–H and O–H groups in total. The van der Waals surface area contributed by atoms with E-state index < -0.39 is 0 Å². The third-order valence-corrected chi connectivity index (χ3v) is 5.08. The monoisotopic (exact) mass is 391 g/mol. The van der Waals surface area contributed by atoms with Gasteiger partial charge in [-0.2, -0.15) is 0 Å². The van der Waals surface area contributed by atoms with Crippen LogP contribution in [0.3, 0.4) is 0 Å². The molecule has 1 heterocycles. The Morgan fingerprint density at radius 3 is 2.57 bits per heavy atom. The van der Waals surface area contributed by atoms with Gasteiger partial charge in [-0.15, -0.1) is 10.2 Å². The van der Waals surface area contributed by atoms with Crippen LogP contribution in [-0.4, -0.2) is 14.8 Å². The van der Waals surface area contributed by atoms with E-state index in [1.165, 1.54) is 23.4 Å². The first-order chi connectivity index (χ1) is 11.0. The fraction of sp³-hybridized carbons (Fsp3) is 0.176. The molecular formula is C17H15BrFN3S. The molecule has 3 rings (SSSR count). The van der Waals surface area contributed by atoms with Gasteiger partial charge in [-0.1, -0.05) is 63.6 Å². The first-order valence-corrected chi connectivity index (χ1v) is 8.85. The van der Waals surface area contributed by atoms with E-state index in [0.717, 1.165) is 21.0 Å². The van der Waals surface area contributed by atoms with Crippen LogP contribution in [0.1, 0.15) is 11.1 Å². The van der Waals surface area contributed by atoms with Gasteiger partial charge in [0.05, 0.1) is 0 Å². The lowest BCUT2D eigenvalue weighted by molar-refractivity contribution is 0.616. The van der Waals surface area contributed by atoms with Gasteiger partial charge in [0.25, 0.3) is 0 Å². The van der Waals surface area contributed by atoms with Crippen LogP contribution in [-0.2, 0) is 12.8 Å². The lowest BCUT2D eigenvalue weighted by atomic mass is 10.1. The van der Waals surface area contributed by atoms with Crippen LogP contribution >= 0.6 is 27.7 Å². The Bertz CT molecular complexity index is 830. The van der Waals surface area contributed by atoms with E-state index in [1.54, 1.807) is 6.07 Å². The SMILES string of the molecule is Cc1ccc(-c2nnc(SCc3ccc(Br)cc3F)n2C)cc1. The van der Waals surface area contributed by atoms with Gasteiger partial charge in [-0.3, -0.25) is 0 Å². The number of nitrogens with zero attached hydrogens (tertiary/aromatic N) is 3. The van der Waals surface area contributed by atoms with E-state index in [9.17, 15) is 4.39 Å². The zero-order valence-corrected chi connectivity index (χ0v) is 15.2. The second kappa shape index (κ2) is 6.84. The van der Waals surface area contributed by atoms with Crippen LogP contribution < -0.4 is 0 Å². The molecule has 0 radical (unpaired) electrons. The maximum atomic E-state index is 13.9. The Hall–Kier alpha value is -1.66. The van der Waals surface area contributed by atoms with Crippen molar-refractivity contribution in [3.05, 3.63) is 63.9 Å². The zero-order chi connectivity index (χ0) is 16.4. The van der Waals surface area contributed by atoms with E-state index in [-0.39, 0.29) is 5.82 Å². The van der Waals surface area contributed by atoms with Crippen molar-refractivity contribution in [3.63, 3.8) is 0 Å². The lowest BCUT2D eigenvalue weighted by Crippen LogP contribution is -1.96. The molecule has 3 nitrogen and oxygen atoms in total. The van der Waals surface area contributed by atoms with Crippen molar-refractivity contribution in [1.29, 1.82) is 0 Å². The summed E-state index contributed by atoms with van der Waals surface area (Å²) >= 11 is 4.74. The average molecular weight is 392 g/mol. The van der Waals surface area contributed by atoms with Crippen molar-refractivity contribution in [1.82, 2.24) is 14.8 Å². The largest absolute Gasteiger partial charge is 0.305 e. The number of halogens is 2. The third kappa shape index (κ3) is 3.64. The minimum absolute atomic E-state index is 0.215. The first-order valence-electron chi connectivity index (χ1n) is 7.08. The van der Waals surface area contributed by atoms with E-state index >= 15 is 0 Å². The summed E-state index contributed by atoms with van der Waals surface area (Å²) < 4.78 is 16.6. The fourth-order valence-corrected chi connectivity index (χ4v) is 3.41. The van der Waals surface area contributed by atoms with E-state index in [0.29, 0.717) is 11.3 Å². The van der Waals surface area contributed by atoms with Crippen molar-refractivity contribution in [2.45, 2.75) is 17.8 Å². The molecule has 1 aromatic heterocycles. The van der Waals surface area contributed by atoms with Crippen molar-refractivity contribution in [2.24, 2.45) is 7.05 Å². The number of aromatic nitrogens is 3. The molecule has 0 fully saturated rings. The van der Waals surface area contributed by atoms with Gasteiger partial charge < -0.3 is 4.57 Å². The molecule has 6 heteroatoms. The molecule has 0 aliphatic carbocycles. The van der Waals surface area contributed by atoms with Crippen molar-refractivity contribution in [2.75, 3.05) is 0 Å². The summed E-state index contributed by atoms with van der Waals surface area (Å²) in [5.74, 6) is 1.11. The highest BCUT2D eigenvalue weighted by Crippen LogP contribution is 2.27. The molecule has 0 atom stereocenters. The summed E-state index contributed by atoms with van der Waals surface area (Å²) in [6.07, 6.45) is 0. The maximum absolute atomic E-state index is 13.9.